The van der Waals surface area contributed by atoms with Crippen LogP contribution in [0, 0.1) is 13.8 Å². The summed E-state index contributed by atoms with van der Waals surface area (Å²) in [4.78, 5) is 11.9. The Hall–Kier alpha value is -2.49. The molecule has 2 aromatic rings. The average molecular weight is 285 g/mol. The van der Waals surface area contributed by atoms with Crippen molar-refractivity contribution in [3.8, 4) is 11.5 Å². The maximum atomic E-state index is 11.9. The molecular formula is C17H19NO3. The summed E-state index contributed by atoms with van der Waals surface area (Å²) in [5.74, 6) is 1.22. The first-order chi connectivity index (χ1) is 10.1. The van der Waals surface area contributed by atoms with Crippen LogP contribution < -0.4 is 14.8 Å². The van der Waals surface area contributed by atoms with Crippen LogP contribution in [-0.2, 0) is 4.79 Å². The molecule has 1 amide bonds. The van der Waals surface area contributed by atoms with Gasteiger partial charge in [-0.25, -0.2) is 0 Å². The number of methoxy groups -OCH3 is 1. The van der Waals surface area contributed by atoms with Crippen LogP contribution in [0.3, 0.4) is 0 Å². The third-order valence-corrected chi connectivity index (χ3v) is 3.04. The summed E-state index contributed by atoms with van der Waals surface area (Å²) in [6.07, 6.45) is 0. The monoisotopic (exact) mass is 285 g/mol. The van der Waals surface area contributed by atoms with Gasteiger partial charge in [0.2, 0.25) is 0 Å². The topological polar surface area (TPSA) is 47.6 Å². The third kappa shape index (κ3) is 4.24. The van der Waals surface area contributed by atoms with Crippen LogP contribution in [0.4, 0.5) is 5.69 Å². The van der Waals surface area contributed by atoms with E-state index in [9.17, 15) is 4.79 Å². The Morgan fingerprint density at radius 2 is 1.95 bits per heavy atom. The van der Waals surface area contributed by atoms with Crippen molar-refractivity contribution in [3.05, 3.63) is 53.6 Å². The van der Waals surface area contributed by atoms with Gasteiger partial charge in [0.1, 0.15) is 11.5 Å². The second-order valence-electron chi connectivity index (χ2n) is 4.84. The number of carbonyl (C=O) groups is 1. The Morgan fingerprint density at radius 1 is 1.14 bits per heavy atom. The predicted molar refractivity (Wildman–Crippen MR) is 83.0 cm³/mol. The first-order valence-electron chi connectivity index (χ1n) is 6.72. The van der Waals surface area contributed by atoms with Crippen LogP contribution in [0.5, 0.6) is 11.5 Å². The minimum atomic E-state index is -0.205. The standard InChI is InChI=1S/C17H19NO3/c1-12-7-8-16(13(2)9-12)21-11-17(19)18-14-5-4-6-15(10-14)20-3/h4-10H,11H2,1-3H3,(H,18,19). The van der Waals surface area contributed by atoms with E-state index in [-0.39, 0.29) is 12.5 Å². The fourth-order valence-corrected chi connectivity index (χ4v) is 2.00. The van der Waals surface area contributed by atoms with Crippen molar-refractivity contribution in [3.63, 3.8) is 0 Å². The highest BCUT2D eigenvalue weighted by atomic mass is 16.5. The number of rotatable bonds is 5. The molecule has 2 aromatic carbocycles. The van der Waals surface area contributed by atoms with Gasteiger partial charge in [-0.3, -0.25) is 4.79 Å². The lowest BCUT2D eigenvalue weighted by Crippen LogP contribution is -2.20. The smallest absolute Gasteiger partial charge is 0.262 e. The molecule has 0 aliphatic carbocycles. The molecule has 0 bridgehead atoms. The summed E-state index contributed by atoms with van der Waals surface area (Å²) in [7, 11) is 1.59. The first kappa shape index (κ1) is 14.9. The highest BCUT2D eigenvalue weighted by Gasteiger charge is 2.06. The number of hydrogen-bond acceptors (Lipinski definition) is 3. The number of nitrogens with one attached hydrogen (secondary N) is 1. The van der Waals surface area contributed by atoms with E-state index in [4.69, 9.17) is 9.47 Å². The van der Waals surface area contributed by atoms with Crippen molar-refractivity contribution in [2.75, 3.05) is 19.0 Å². The van der Waals surface area contributed by atoms with Crippen molar-refractivity contribution in [2.45, 2.75) is 13.8 Å². The van der Waals surface area contributed by atoms with E-state index in [1.807, 2.05) is 44.2 Å². The Balaban J connectivity index is 1.92. The van der Waals surface area contributed by atoms with E-state index in [2.05, 4.69) is 5.32 Å². The van der Waals surface area contributed by atoms with Crippen LogP contribution in [-0.4, -0.2) is 19.6 Å². The molecule has 1 N–H and O–H groups in total. The summed E-state index contributed by atoms with van der Waals surface area (Å²) in [5.41, 5.74) is 2.87. The van der Waals surface area contributed by atoms with E-state index in [0.29, 0.717) is 11.4 Å². The zero-order chi connectivity index (χ0) is 15.2. The summed E-state index contributed by atoms with van der Waals surface area (Å²) < 4.78 is 10.6. The molecule has 0 heterocycles. The minimum absolute atomic E-state index is 0.0267. The second kappa shape index (κ2) is 6.79. The van der Waals surface area contributed by atoms with Gasteiger partial charge in [-0.05, 0) is 37.6 Å². The molecule has 4 nitrogen and oxygen atoms in total. The van der Waals surface area contributed by atoms with Gasteiger partial charge in [0, 0.05) is 11.8 Å². The number of amides is 1. The molecule has 110 valence electrons. The zero-order valence-electron chi connectivity index (χ0n) is 12.5. The second-order valence-corrected chi connectivity index (χ2v) is 4.84. The molecule has 0 saturated heterocycles. The molecule has 0 spiro atoms. The molecule has 0 fully saturated rings. The van der Waals surface area contributed by atoms with Crippen LogP contribution in [0.1, 0.15) is 11.1 Å². The van der Waals surface area contributed by atoms with Crippen LogP contribution in [0.25, 0.3) is 0 Å². The molecule has 0 radical (unpaired) electrons. The molecule has 21 heavy (non-hydrogen) atoms. The van der Waals surface area contributed by atoms with E-state index < -0.39 is 0 Å². The van der Waals surface area contributed by atoms with Gasteiger partial charge in [-0.1, -0.05) is 23.8 Å². The number of carbonyl (C=O) groups excluding carboxylic acids is 1. The quantitative estimate of drug-likeness (QED) is 0.916. The summed E-state index contributed by atoms with van der Waals surface area (Å²) in [6, 6.07) is 13.1. The van der Waals surface area contributed by atoms with E-state index >= 15 is 0 Å². The molecule has 2 rings (SSSR count). The van der Waals surface area contributed by atoms with Crippen molar-refractivity contribution in [2.24, 2.45) is 0 Å². The largest absolute Gasteiger partial charge is 0.497 e. The molecule has 0 saturated carbocycles. The van der Waals surface area contributed by atoms with Crippen molar-refractivity contribution < 1.29 is 14.3 Å². The number of hydrogen-bond donors (Lipinski definition) is 1. The molecule has 0 aliphatic heterocycles. The Bertz CT molecular complexity index is 638. The highest BCUT2D eigenvalue weighted by molar-refractivity contribution is 5.92. The summed E-state index contributed by atoms with van der Waals surface area (Å²) >= 11 is 0. The molecule has 0 atom stereocenters. The van der Waals surface area contributed by atoms with Crippen molar-refractivity contribution >= 4 is 11.6 Å². The molecule has 0 unspecified atom stereocenters. The van der Waals surface area contributed by atoms with Gasteiger partial charge in [0.15, 0.2) is 6.61 Å². The average Bonchev–Trinajstić information content (AvgIpc) is 2.46. The summed E-state index contributed by atoms with van der Waals surface area (Å²) in [5, 5.41) is 2.77. The van der Waals surface area contributed by atoms with Crippen LogP contribution >= 0.6 is 0 Å². The lowest BCUT2D eigenvalue weighted by atomic mass is 10.1. The zero-order valence-corrected chi connectivity index (χ0v) is 12.5. The van der Waals surface area contributed by atoms with E-state index in [0.717, 1.165) is 11.3 Å². The summed E-state index contributed by atoms with van der Waals surface area (Å²) in [6.45, 7) is 3.95. The minimum Gasteiger partial charge on any atom is -0.497 e. The Labute approximate surface area is 124 Å². The van der Waals surface area contributed by atoms with Gasteiger partial charge in [-0.2, -0.15) is 0 Å². The van der Waals surface area contributed by atoms with Gasteiger partial charge in [-0.15, -0.1) is 0 Å². The van der Waals surface area contributed by atoms with Gasteiger partial charge >= 0.3 is 0 Å². The van der Waals surface area contributed by atoms with Gasteiger partial charge in [0.05, 0.1) is 7.11 Å². The van der Waals surface area contributed by atoms with Crippen molar-refractivity contribution in [1.29, 1.82) is 0 Å². The lowest BCUT2D eigenvalue weighted by molar-refractivity contribution is -0.118. The maximum Gasteiger partial charge on any atom is 0.262 e. The number of ether oxygens (including phenoxy) is 2. The SMILES string of the molecule is COc1cccc(NC(=O)COc2ccc(C)cc2C)c1. The fraction of sp³-hybridized carbons (Fsp3) is 0.235. The van der Waals surface area contributed by atoms with E-state index in [1.165, 1.54) is 5.56 Å². The van der Waals surface area contributed by atoms with Crippen LogP contribution in [0.15, 0.2) is 42.5 Å². The number of benzene rings is 2. The lowest BCUT2D eigenvalue weighted by Gasteiger charge is -2.10. The predicted octanol–water partition coefficient (Wildman–Crippen LogP) is 3.33. The third-order valence-electron chi connectivity index (χ3n) is 3.04. The fourth-order valence-electron chi connectivity index (χ4n) is 2.00. The Kier molecular flexibility index (Phi) is 4.82. The number of aryl methyl sites for hydroxylation is 2. The van der Waals surface area contributed by atoms with Gasteiger partial charge < -0.3 is 14.8 Å². The first-order valence-corrected chi connectivity index (χ1v) is 6.72. The normalized spacial score (nSPS) is 10.0. The van der Waals surface area contributed by atoms with Crippen LogP contribution in [0.2, 0.25) is 0 Å². The maximum absolute atomic E-state index is 11.9. The highest BCUT2D eigenvalue weighted by Crippen LogP contribution is 2.19. The number of anilines is 1. The van der Waals surface area contributed by atoms with Crippen molar-refractivity contribution in [1.82, 2.24) is 0 Å². The molecule has 4 heteroatoms. The molecular weight excluding hydrogens is 266 g/mol. The molecule has 0 aromatic heterocycles. The van der Waals surface area contributed by atoms with E-state index in [1.54, 1.807) is 19.2 Å². The molecule has 0 aliphatic rings. The van der Waals surface area contributed by atoms with Gasteiger partial charge in [0.25, 0.3) is 5.91 Å². The Morgan fingerprint density at radius 3 is 2.67 bits per heavy atom.